The molecule has 2 heterocycles. The van der Waals surface area contributed by atoms with Crippen LogP contribution in [0, 0.1) is 17.7 Å². The standard InChI is InChI=1S/C13H16FN3O5/c1-3-4-13(21)9(19)8(6(2)18)22-11(13)17-5-7(14)10(15)16-12(17)20/h5-6,8-9,11,18-19,21H,1-2H3,(H2,15,16,20)/t6-,8-,9?,11-,13?/m1/s1. The molecule has 5 atom stereocenters. The Bertz CT molecular complexity index is 695. The molecule has 5 N–H and O–H groups in total. The van der Waals surface area contributed by atoms with Crippen molar-refractivity contribution in [3.8, 4) is 11.8 Å². The molecule has 8 nitrogen and oxygen atoms in total. The fourth-order valence-electron chi connectivity index (χ4n) is 2.34. The monoisotopic (exact) mass is 313 g/mol. The van der Waals surface area contributed by atoms with Crippen molar-refractivity contribution in [1.29, 1.82) is 0 Å². The molecule has 1 aliphatic heterocycles. The van der Waals surface area contributed by atoms with Crippen LogP contribution in [0.2, 0.25) is 0 Å². The molecule has 0 spiro atoms. The second-order valence-electron chi connectivity index (χ2n) is 5.00. The molecule has 0 amide bonds. The van der Waals surface area contributed by atoms with Crippen LogP contribution in [0.3, 0.4) is 0 Å². The summed E-state index contributed by atoms with van der Waals surface area (Å²) in [6, 6.07) is 0. The number of hydrogen-bond donors (Lipinski definition) is 4. The van der Waals surface area contributed by atoms with Crippen LogP contribution in [-0.2, 0) is 4.74 Å². The minimum absolute atomic E-state index is 0.600. The van der Waals surface area contributed by atoms with Gasteiger partial charge in [0.1, 0.15) is 12.2 Å². The molecule has 1 fully saturated rings. The van der Waals surface area contributed by atoms with Crippen LogP contribution in [0.1, 0.15) is 20.1 Å². The fourth-order valence-corrected chi connectivity index (χ4v) is 2.34. The minimum Gasteiger partial charge on any atom is -0.391 e. The molecule has 0 radical (unpaired) electrons. The zero-order valence-electron chi connectivity index (χ0n) is 11.9. The summed E-state index contributed by atoms with van der Waals surface area (Å²) in [6.07, 6.45) is -4.84. The van der Waals surface area contributed by atoms with E-state index in [0.717, 1.165) is 0 Å². The van der Waals surface area contributed by atoms with Crippen LogP contribution in [0.15, 0.2) is 11.0 Å². The van der Waals surface area contributed by atoms with Crippen LogP contribution >= 0.6 is 0 Å². The molecule has 1 aliphatic rings. The maximum atomic E-state index is 13.6. The summed E-state index contributed by atoms with van der Waals surface area (Å²) in [5, 5.41) is 30.4. The van der Waals surface area contributed by atoms with E-state index in [2.05, 4.69) is 16.8 Å². The van der Waals surface area contributed by atoms with Gasteiger partial charge in [-0.1, -0.05) is 5.92 Å². The lowest BCUT2D eigenvalue weighted by atomic mass is 9.93. The molecule has 9 heteroatoms. The van der Waals surface area contributed by atoms with Gasteiger partial charge in [-0.3, -0.25) is 4.57 Å². The number of rotatable bonds is 2. The van der Waals surface area contributed by atoms with Gasteiger partial charge in [0, 0.05) is 0 Å². The average Bonchev–Trinajstić information content (AvgIpc) is 2.68. The maximum absolute atomic E-state index is 13.6. The van der Waals surface area contributed by atoms with E-state index in [1.807, 2.05) is 0 Å². The zero-order chi connectivity index (χ0) is 16.7. The molecular weight excluding hydrogens is 297 g/mol. The molecule has 2 unspecified atom stereocenters. The molecule has 0 aliphatic carbocycles. The van der Waals surface area contributed by atoms with E-state index in [1.165, 1.54) is 13.8 Å². The number of nitrogens with two attached hydrogens (primary N) is 1. The van der Waals surface area contributed by atoms with Crippen molar-refractivity contribution in [3.05, 3.63) is 22.5 Å². The van der Waals surface area contributed by atoms with Gasteiger partial charge in [-0.2, -0.15) is 4.98 Å². The largest absolute Gasteiger partial charge is 0.391 e. The van der Waals surface area contributed by atoms with Crippen molar-refractivity contribution in [1.82, 2.24) is 9.55 Å². The number of aromatic nitrogens is 2. The van der Waals surface area contributed by atoms with Gasteiger partial charge in [-0.05, 0) is 13.8 Å². The van der Waals surface area contributed by atoms with Gasteiger partial charge < -0.3 is 25.8 Å². The highest BCUT2D eigenvalue weighted by Gasteiger charge is 2.57. The lowest BCUT2D eigenvalue weighted by molar-refractivity contribution is -0.0886. The van der Waals surface area contributed by atoms with Gasteiger partial charge in [-0.15, -0.1) is 5.92 Å². The first-order chi connectivity index (χ1) is 10.2. The smallest absolute Gasteiger partial charge is 0.351 e. The van der Waals surface area contributed by atoms with Gasteiger partial charge >= 0.3 is 5.69 Å². The van der Waals surface area contributed by atoms with Crippen molar-refractivity contribution in [2.24, 2.45) is 0 Å². The Kier molecular flexibility index (Phi) is 4.21. The zero-order valence-corrected chi connectivity index (χ0v) is 11.9. The summed E-state index contributed by atoms with van der Waals surface area (Å²) < 4.78 is 19.5. The quantitative estimate of drug-likeness (QED) is 0.482. The summed E-state index contributed by atoms with van der Waals surface area (Å²) >= 11 is 0. The van der Waals surface area contributed by atoms with Crippen molar-refractivity contribution in [3.63, 3.8) is 0 Å². The SMILES string of the molecule is CC#CC1(O)C(O)[C@@H]([C@@H](C)O)O[C@H]1n1cc(F)c(N)nc1=O. The van der Waals surface area contributed by atoms with Crippen molar-refractivity contribution in [2.75, 3.05) is 5.73 Å². The first-order valence-electron chi connectivity index (χ1n) is 6.44. The highest BCUT2D eigenvalue weighted by atomic mass is 19.1. The number of anilines is 1. The summed E-state index contributed by atoms with van der Waals surface area (Å²) in [7, 11) is 0. The maximum Gasteiger partial charge on any atom is 0.351 e. The fraction of sp³-hybridized carbons (Fsp3) is 0.538. The third-order valence-electron chi connectivity index (χ3n) is 3.41. The molecule has 1 aromatic rings. The topological polar surface area (TPSA) is 131 Å². The summed E-state index contributed by atoms with van der Waals surface area (Å²) in [6.45, 7) is 2.74. The molecule has 120 valence electrons. The predicted octanol–water partition coefficient (Wildman–Crippen LogP) is -1.64. The Hall–Kier alpha value is -1.99. The Labute approximate surface area is 125 Å². The molecular formula is C13H16FN3O5. The van der Waals surface area contributed by atoms with Crippen LogP contribution < -0.4 is 11.4 Å². The van der Waals surface area contributed by atoms with Crippen molar-refractivity contribution in [2.45, 2.75) is 44.0 Å². The Morgan fingerprint density at radius 3 is 2.82 bits per heavy atom. The normalized spacial score (nSPS) is 32.4. The Morgan fingerprint density at radius 2 is 2.27 bits per heavy atom. The Morgan fingerprint density at radius 1 is 1.64 bits per heavy atom. The number of halogens is 1. The van der Waals surface area contributed by atoms with Crippen LogP contribution in [-0.4, -0.2) is 48.8 Å². The van der Waals surface area contributed by atoms with E-state index in [9.17, 15) is 24.5 Å². The molecule has 1 aromatic heterocycles. The summed E-state index contributed by atoms with van der Waals surface area (Å²) in [4.78, 5) is 15.1. The van der Waals surface area contributed by atoms with Crippen molar-refractivity contribution < 1.29 is 24.4 Å². The third kappa shape index (κ3) is 2.46. The minimum atomic E-state index is -2.22. The molecule has 1 saturated heterocycles. The second kappa shape index (κ2) is 5.66. The number of aliphatic hydroxyl groups excluding tert-OH is 2. The number of hydrogen-bond acceptors (Lipinski definition) is 7. The number of nitrogens with zero attached hydrogens (tertiary/aromatic N) is 2. The lowest BCUT2D eigenvalue weighted by Crippen LogP contribution is -2.48. The average molecular weight is 313 g/mol. The number of nitrogen functional groups attached to an aromatic ring is 1. The van der Waals surface area contributed by atoms with Crippen LogP contribution in [0.4, 0.5) is 10.2 Å². The van der Waals surface area contributed by atoms with Gasteiger partial charge in [0.15, 0.2) is 23.5 Å². The Balaban J connectivity index is 2.59. The predicted molar refractivity (Wildman–Crippen MR) is 72.9 cm³/mol. The second-order valence-corrected chi connectivity index (χ2v) is 5.00. The van der Waals surface area contributed by atoms with Gasteiger partial charge in [0.25, 0.3) is 0 Å². The highest BCUT2D eigenvalue weighted by Crippen LogP contribution is 2.38. The third-order valence-corrected chi connectivity index (χ3v) is 3.41. The number of aliphatic hydroxyl groups is 3. The molecule has 0 aromatic carbocycles. The first kappa shape index (κ1) is 16.4. The van der Waals surface area contributed by atoms with Gasteiger partial charge in [0.2, 0.25) is 0 Å². The molecule has 0 saturated carbocycles. The molecule has 2 rings (SSSR count). The van der Waals surface area contributed by atoms with E-state index < -0.39 is 47.5 Å². The van der Waals surface area contributed by atoms with Crippen molar-refractivity contribution >= 4 is 5.82 Å². The van der Waals surface area contributed by atoms with Crippen LogP contribution in [0.25, 0.3) is 0 Å². The van der Waals surface area contributed by atoms with E-state index >= 15 is 0 Å². The lowest BCUT2D eigenvalue weighted by Gasteiger charge is -2.26. The molecule has 22 heavy (non-hydrogen) atoms. The van der Waals surface area contributed by atoms with E-state index in [4.69, 9.17) is 10.5 Å². The first-order valence-corrected chi connectivity index (χ1v) is 6.44. The van der Waals surface area contributed by atoms with E-state index in [0.29, 0.717) is 10.8 Å². The number of ether oxygens (including phenoxy) is 1. The van der Waals surface area contributed by atoms with E-state index in [-0.39, 0.29) is 0 Å². The van der Waals surface area contributed by atoms with Gasteiger partial charge in [-0.25, -0.2) is 9.18 Å². The summed E-state index contributed by atoms with van der Waals surface area (Å²) in [5.74, 6) is 3.16. The van der Waals surface area contributed by atoms with Gasteiger partial charge in [0.05, 0.1) is 12.3 Å². The van der Waals surface area contributed by atoms with Crippen LogP contribution in [0.5, 0.6) is 0 Å². The molecule has 0 bridgehead atoms. The highest BCUT2D eigenvalue weighted by molar-refractivity contribution is 5.28. The van der Waals surface area contributed by atoms with E-state index in [1.54, 1.807) is 0 Å². The summed E-state index contributed by atoms with van der Waals surface area (Å²) in [5.41, 5.74) is 1.99.